The molecule has 0 bridgehead atoms. The Morgan fingerprint density at radius 3 is 2.26 bits per heavy atom. The molecule has 3 aromatic rings. The van der Waals surface area contributed by atoms with Gasteiger partial charge in [-0.15, -0.1) is 0 Å². The van der Waals surface area contributed by atoms with E-state index in [4.69, 9.17) is 14.2 Å². The van der Waals surface area contributed by atoms with E-state index >= 15 is 0 Å². The number of ether oxygens (including phenoxy) is 4. The first kappa shape index (κ1) is 22.4. The lowest BCUT2D eigenvalue weighted by molar-refractivity contribution is -0.142. The topological polar surface area (TPSA) is 54.0 Å². The molecule has 0 saturated carbocycles. The molecule has 0 aliphatic carbocycles. The normalized spacial score (nSPS) is 11.1. The highest BCUT2D eigenvalue weighted by Crippen LogP contribution is 2.27. The monoisotopic (exact) mass is 420 g/mol. The van der Waals surface area contributed by atoms with Gasteiger partial charge in [0.1, 0.15) is 17.2 Å². The predicted molar refractivity (Wildman–Crippen MR) is 120 cm³/mol. The second-order valence-electron chi connectivity index (χ2n) is 7.83. The molecule has 0 spiro atoms. The first-order valence-electron chi connectivity index (χ1n) is 10.2. The maximum Gasteiger partial charge on any atom is 0.343 e. The number of hydrogen-bond donors (Lipinski definition) is 0. The Balaban J connectivity index is 1.52. The first-order chi connectivity index (χ1) is 15.0. The van der Waals surface area contributed by atoms with Crippen LogP contribution in [0.15, 0.2) is 78.9 Å². The van der Waals surface area contributed by atoms with Gasteiger partial charge in [0, 0.05) is 5.41 Å². The molecule has 5 heteroatoms. The van der Waals surface area contributed by atoms with Crippen LogP contribution in [-0.2, 0) is 26.3 Å². The third-order valence-corrected chi connectivity index (χ3v) is 4.83. The summed E-state index contributed by atoms with van der Waals surface area (Å²) in [6, 6.07) is 25.3. The predicted octanol–water partition coefficient (Wildman–Crippen LogP) is 5.53. The fraction of sp³-hybridized carbons (Fsp3) is 0.269. The standard InChI is InChI=1S/C26H28O5/c1-26(2,21-12-14-22(15-13-21)30-18-25(27)28-3)19-29-17-20-8-7-11-24(16-20)31-23-9-5-4-6-10-23/h4-16H,17-19H2,1-3H3. The Hall–Kier alpha value is -3.31. The van der Waals surface area contributed by atoms with Crippen molar-refractivity contribution in [3.63, 3.8) is 0 Å². The lowest BCUT2D eigenvalue weighted by Crippen LogP contribution is -2.24. The van der Waals surface area contributed by atoms with Gasteiger partial charge in [0.25, 0.3) is 0 Å². The summed E-state index contributed by atoms with van der Waals surface area (Å²) in [5.74, 6) is 1.81. The maximum atomic E-state index is 11.2. The molecule has 5 nitrogen and oxygen atoms in total. The van der Waals surface area contributed by atoms with Gasteiger partial charge in [-0.25, -0.2) is 4.79 Å². The van der Waals surface area contributed by atoms with Gasteiger partial charge in [0.15, 0.2) is 6.61 Å². The number of para-hydroxylation sites is 1. The SMILES string of the molecule is COC(=O)COc1ccc(C(C)(C)COCc2cccc(Oc3ccccc3)c2)cc1. The minimum absolute atomic E-state index is 0.102. The number of carbonyl (C=O) groups is 1. The Bertz CT molecular complexity index is 965. The van der Waals surface area contributed by atoms with Crippen molar-refractivity contribution in [2.75, 3.05) is 20.3 Å². The molecule has 0 N–H and O–H groups in total. The van der Waals surface area contributed by atoms with Crippen LogP contribution in [0.5, 0.6) is 17.2 Å². The van der Waals surface area contributed by atoms with E-state index < -0.39 is 5.97 Å². The van der Waals surface area contributed by atoms with Crippen molar-refractivity contribution < 1.29 is 23.7 Å². The summed E-state index contributed by atoms with van der Waals surface area (Å²) in [6.07, 6.45) is 0. The molecule has 31 heavy (non-hydrogen) atoms. The van der Waals surface area contributed by atoms with E-state index in [-0.39, 0.29) is 12.0 Å². The molecule has 0 heterocycles. The van der Waals surface area contributed by atoms with Gasteiger partial charge in [0.05, 0.1) is 20.3 Å². The summed E-state index contributed by atoms with van der Waals surface area (Å²) in [6.45, 7) is 5.21. The van der Waals surface area contributed by atoms with Crippen molar-refractivity contribution in [1.82, 2.24) is 0 Å². The van der Waals surface area contributed by atoms with Gasteiger partial charge in [-0.1, -0.05) is 56.3 Å². The molecule has 0 saturated heterocycles. The average Bonchev–Trinajstić information content (AvgIpc) is 2.78. The van der Waals surface area contributed by atoms with Crippen molar-refractivity contribution in [2.45, 2.75) is 25.9 Å². The fourth-order valence-corrected chi connectivity index (χ4v) is 3.03. The molecule has 0 unspecified atom stereocenters. The molecule has 0 radical (unpaired) electrons. The molecular formula is C26H28O5. The highest BCUT2D eigenvalue weighted by molar-refractivity contribution is 5.70. The zero-order chi connectivity index (χ0) is 22.1. The van der Waals surface area contributed by atoms with E-state index in [0.29, 0.717) is 19.0 Å². The van der Waals surface area contributed by atoms with E-state index in [1.807, 2.05) is 78.9 Å². The van der Waals surface area contributed by atoms with Crippen molar-refractivity contribution in [1.29, 1.82) is 0 Å². The number of methoxy groups -OCH3 is 1. The largest absolute Gasteiger partial charge is 0.482 e. The van der Waals surface area contributed by atoms with Crippen LogP contribution in [0.4, 0.5) is 0 Å². The molecule has 0 aliphatic heterocycles. The summed E-state index contributed by atoms with van der Waals surface area (Å²) in [4.78, 5) is 11.2. The second-order valence-corrected chi connectivity index (χ2v) is 7.83. The van der Waals surface area contributed by atoms with Crippen molar-refractivity contribution in [3.05, 3.63) is 90.0 Å². The molecular weight excluding hydrogens is 392 g/mol. The smallest absolute Gasteiger partial charge is 0.343 e. The van der Waals surface area contributed by atoms with Gasteiger partial charge < -0.3 is 18.9 Å². The summed E-state index contributed by atoms with van der Waals surface area (Å²) in [5.41, 5.74) is 1.99. The van der Waals surface area contributed by atoms with Gasteiger partial charge in [-0.05, 0) is 47.5 Å². The van der Waals surface area contributed by atoms with Crippen LogP contribution >= 0.6 is 0 Å². The zero-order valence-electron chi connectivity index (χ0n) is 18.2. The van der Waals surface area contributed by atoms with Crippen molar-refractivity contribution in [2.24, 2.45) is 0 Å². The Morgan fingerprint density at radius 2 is 1.55 bits per heavy atom. The molecule has 0 aromatic heterocycles. The van der Waals surface area contributed by atoms with Gasteiger partial charge in [-0.3, -0.25) is 0 Å². The van der Waals surface area contributed by atoms with Crippen LogP contribution in [0, 0.1) is 0 Å². The van der Waals surface area contributed by atoms with Crippen LogP contribution in [0.3, 0.4) is 0 Å². The van der Waals surface area contributed by atoms with Crippen LogP contribution in [0.2, 0.25) is 0 Å². The number of hydrogen-bond acceptors (Lipinski definition) is 5. The number of carbonyl (C=O) groups excluding carboxylic acids is 1. The van der Waals surface area contributed by atoms with Crippen LogP contribution < -0.4 is 9.47 Å². The van der Waals surface area contributed by atoms with E-state index in [1.54, 1.807) is 0 Å². The summed E-state index contributed by atoms with van der Waals surface area (Å²) in [7, 11) is 1.34. The lowest BCUT2D eigenvalue weighted by Gasteiger charge is -2.25. The second kappa shape index (κ2) is 10.6. The Labute approximate surface area is 183 Å². The summed E-state index contributed by atoms with van der Waals surface area (Å²) < 4.78 is 21.9. The van der Waals surface area contributed by atoms with E-state index in [1.165, 1.54) is 7.11 Å². The van der Waals surface area contributed by atoms with Crippen LogP contribution in [0.1, 0.15) is 25.0 Å². The Morgan fingerprint density at radius 1 is 0.839 bits per heavy atom. The third-order valence-electron chi connectivity index (χ3n) is 4.83. The van der Waals surface area contributed by atoms with Gasteiger partial charge in [-0.2, -0.15) is 0 Å². The minimum Gasteiger partial charge on any atom is -0.482 e. The highest BCUT2D eigenvalue weighted by Gasteiger charge is 2.21. The van der Waals surface area contributed by atoms with Gasteiger partial charge >= 0.3 is 5.97 Å². The van der Waals surface area contributed by atoms with E-state index in [9.17, 15) is 4.79 Å². The molecule has 3 aromatic carbocycles. The van der Waals surface area contributed by atoms with Crippen LogP contribution in [-0.4, -0.2) is 26.3 Å². The fourth-order valence-electron chi connectivity index (χ4n) is 3.03. The molecule has 0 amide bonds. The molecule has 0 aliphatic rings. The molecule has 0 fully saturated rings. The molecule has 162 valence electrons. The van der Waals surface area contributed by atoms with Crippen molar-refractivity contribution >= 4 is 5.97 Å². The highest BCUT2D eigenvalue weighted by atomic mass is 16.6. The Kier molecular flexibility index (Phi) is 7.68. The number of rotatable bonds is 10. The van der Waals surface area contributed by atoms with Crippen LogP contribution in [0.25, 0.3) is 0 Å². The zero-order valence-corrected chi connectivity index (χ0v) is 18.2. The van der Waals surface area contributed by atoms with E-state index in [0.717, 1.165) is 22.6 Å². The average molecular weight is 421 g/mol. The van der Waals surface area contributed by atoms with E-state index in [2.05, 4.69) is 18.6 Å². The van der Waals surface area contributed by atoms with Gasteiger partial charge in [0.2, 0.25) is 0 Å². The number of benzene rings is 3. The molecule has 3 rings (SSSR count). The lowest BCUT2D eigenvalue weighted by atomic mass is 9.85. The first-order valence-corrected chi connectivity index (χ1v) is 10.2. The summed E-state index contributed by atoms with van der Waals surface area (Å²) >= 11 is 0. The quantitative estimate of drug-likeness (QED) is 0.404. The third kappa shape index (κ3) is 6.86. The minimum atomic E-state index is -0.406. The maximum absolute atomic E-state index is 11.2. The summed E-state index contributed by atoms with van der Waals surface area (Å²) in [5, 5.41) is 0. The van der Waals surface area contributed by atoms with Crippen molar-refractivity contribution in [3.8, 4) is 17.2 Å². The number of esters is 1. The molecule has 0 atom stereocenters.